The zero-order valence-electron chi connectivity index (χ0n) is 22.3. The number of aromatic nitrogens is 3. The van der Waals surface area contributed by atoms with Crippen molar-refractivity contribution in [1.29, 1.82) is 0 Å². The third-order valence-electron chi connectivity index (χ3n) is 5.97. The first-order valence-electron chi connectivity index (χ1n) is 12.5. The molecule has 4 rings (SSSR count). The number of carbonyl (C=O) groups is 2. The fourth-order valence-corrected chi connectivity index (χ4v) is 4.13. The van der Waals surface area contributed by atoms with Gasteiger partial charge in [-0.1, -0.05) is 6.07 Å². The van der Waals surface area contributed by atoms with Crippen molar-refractivity contribution in [3.63, 3.8) is 0 Å². The molecule has 3 heterocycles. The number of rotatable bonds is 10. The SMILES string of the molecule is CCOCCCn1c(=NC(=O)c2cc(OC)cc(OC)c2)c(C(=O)OCC)cc2c(=O)n3ccccc3nc21. The van der Waals surface area contributed by atoms with Crippen LogP contribution in [-0.4, -0.2) is 59.9 Å². The summed E-state index contributed by atoms with van der Waals surface area (Å²) in [6, 6.07) is 11.3. The summed E-state index contributed by atoms with van der Waals surface area (Å²) in [7, 11) is 2.95. The standard InChI is InChI=1S/C28H30N4O7/c1-5-38-13-9-12-32-24-21(27(34)31-11-8-7-10-23(31)29-24)17-22(28(35)39-6-2)25(32)30-26(33)18-14-19(36-3)16-20(15-18)37-4/h7-8,10-11,14-17H,5-6,9,12-13H2,1-4H3. The van der Waals surface area contributed by atoms with Gasteiger partial charge in [0.1, 0.15) is 28.4 Å². The van der Waals surface area contributed by atoms with E-state index in [1.54, 1.807) is 42.0 Å². The second kappa shape index (κ2) is 12.4. The van der Waals surface area contributed by atoms with Crippen molar-refractivity contribution in [2.75, 3.05) is 34.0 Å². The maximum absolute atomic E-state index is 13.5. The molecule has 0 spiro atoms. The number of carbonyl (C=O) groups excluding carboxylic acids is 2. The number of amides is 1. The van der Waals surface area contributed by atoms with Crippen LogP contribution in [0, 0.1) is 0 Å². The largest absolute Gasteiger partial charge is 0.497 e. The van der Waals surface area contributed by atoms with E-state index < -0.39 is 11.9 Å². The Bertz CT molecular complexity index is 1630. The van der Waals surface area contributed by atoms with Crippen LogP contribution in [-0.2, 0) is 16.0 Å². The van der Waals surface area contributed by atoms with Crippen molar-refractivity contribution in [2.45, 2.75) is 26.8 Å². The summed E-state index contributed by atoms with van der Waals surface area (Å²) in [5, 5.41) is 0.188. The number of esters is 1. The number of hydrogen-bond acceptors (Lipinski definition) is 8. The highest BCUT2D eigenvalue weighted by atomic mass is 16.5. The third-order valence-corrected chi connectivity index (χ3v) is 5.97. The smallest absolute Gasteiger partial charge is 0.341 e. The lowest BCUT2D eigenvalue weighted by molar-refractivity contribution is 0.0523. The van der Waals surface area contributed by atoms with Crippen LogP contribution in [0.15, 0.2) is 58.4 Å². The van der Waals surface area contributed by atoms with Gasteiger partial charge in [0.2, 0.25) is 0 Å². The summed E-state index contributed by atoms with van der Waals surface area (Å²) in [6.45, 7) is 4.88. The first-order valence-corrected chi connectivity index (χ1v) is 12.5. The van der Waals surface area contributed by atoms with Gasteiger partial charge in [-0.05, 0) is 50.6 Å². The van der Waals surface area contributed by atoms with Crippen molar-refractivity contribution < 1.29 is 28.5 Å². The minimum absolute atomic E-state index is 0.0245. The van der Waals surface area contributed by atoms with E-state index in [9.17, 15) is 14.4 Å². The van der Waals surface area contributed by atoms with E-state index in [0.29, 0.717) is 36.8 Å². The third kappa shape index (κ3) is 5.83. The second-order valence-corrected chi connectivity index (χ2v) is 8.41. The first-order chi connectivity index (χ1) is 18.9. The Morgan fingerprint density at radius 2 is 1.74 bits per heavy atom. The van der Waals surface area contributed by atoms with Gasteiger partial charge >= 0.3 is 5.97 Å². The number of methoxy groups -OCH3 is 2. The monoisotopic (exact) mass is 534 g/mol. The molecule has 1 amide bonds. The molecule has 204 valence electrons. The molecule has 0 atom stereocenters. The lowest BCUT2D eigenvalue weighted by atomic mass is 10.1. The molecule has 0 saturated carbocycles. The summed E-state index contributed by atoms with van der Waals surface area (Å²) >= 11 is 0. The highest BCUT2D eigenvalue weighted by molar-refractivity contribution is 5.97. The summed E-state index contributed by atoms with van der Waals surface area (Å²) < 4.78 is 24.4. The average molecular weight is 535 g/mol. The van der Waals surface area contributed by atoms with Gasteiger partial charge < -0.3 is 23.5 Å². The van der Waals surface area contributed by atoms with Crippen LogP contribution < -0.4 is 20.5 Å². The second-order valence-electron chi connectivity index (χ2n) is 8.41. The van der Waals surface area contributed by atoms with Gasteiger partial charge in [-0.15, -0.1) is 0 Å². The van der Waals surface area contributed by atoms with Crippen LogP contribution >= 0.6 is 0 Å². The summed E-state index contributed by atoms with van der Waals surface area (Å²) in [5.74, 6) is -0.552. The van der Waals surface area contributed by atoms with Crippen LogP contribution in [0.2, 0.25) is 0 Å². The number of hydrogen-bond donors (Lipinski definition) is 0. The minimum atomic E-state index is -0.717. The summed E-state index contributed by atoms with van der Waals surface area (Å²) in [4.78, 5) is 49.1. The van der Waals surface area contributed by atoms with Crippen LogP contribution in [0.1, 0.15) is 41.0 Å². The van der Waals surface area contributed by atoms with E-state index in [-0.39, 0.29) is 46.4 Å². The normalized spacial score (nSPS) is 11.6. The topological polar surface area (TPSA) is 123 Å². The van der Waals surface area contributed by atoms with Crippen molar-refractivity contribution in [3.8, 4) is 11.5 Å². The number of fused-ring (bicyclic) bond motifs is 2. The molecule has 0 aliphatic rings. The van der Waals surface area contributed by atoms with Gasteiger partial charge in [-0.25, -0.2) is 9.78 Å². The molecule has 0 fully saturated rings. The van der Waals surface area contributed by atoms with Crippen molar-refractivity contribution in [2.24, 2.45) is 4.99 Å². The molecule has 0 bridgehead atoms. The molecule has 3 aromatic heterocycles. The van der Waals surface area contributed by atoms with Crippen LogP contribution in [0.3, 0.4) is 0 Å². The van der Waals surface area contributed by atoms with Gasteiger partial charge in [-0.2, -0.15) is 4.99 Å². The Labute approximate surface area is 224 Å². The zero-order chi connectivity index (χ0) is 27.9. The molecule has 0 aliphatic carbocycles. The molecule has 0 unspecified atom stereocenters. The van der Waals surface area contributed by atoms with E-state index in [0.717, 1.165) is 0 Å². The van der Waals surface area contributed by atoms with E-state index >= 15 is 0 Å². The maximum Gasteiger partial charge on any atom is 0.341 e. The molecule has 1 aromatic carbocycles. The van der Waals surface area contributed by atoms with Crippen LogP contribution in [0.5, 0.6) is 11.5 Å². The van der Waals surface area contributed by atoms with Gasteiger partial charge in [0.25, 0.3) is 11.5 Å². The van der Waals surface area contributed by atoms with E-state index in [1.165, 1.54) is 36.8 Å². The number of aryl methyl sites for hydroxylation is 1. The molecule has 0 saturated heterocycles. The lowest BCUT2D eigenvalue weighted by Gasteiger charge is -2.15. The lowest BCUT2D eigenvalue weighted by Crippen LogP contribution is -2.33. The predicted molar refractivity (Wildman–Crippen MR) is 143 cm³/mol. The van der Waals surface area contributed by atoms with Gasteiger partial charge in [-0.3, -0.25) is 14.0 Å². The van der Waals surface area contributed by atoms with E-state index in [2.05, 4.69) is 4.99 Å². The van der Waals surface area contributed by atoms with E-state index in [4.69, 9.17) is 23.9 Å². The quantitative estimate of drug-likeness (QED) is 0.173. The fourth-order valence-electron chi connectivity index (χ4n) is 4.13. The Balaban J connectivity index is 2.05. The summed E-state index contributed by atoms with van der Waals surface area (Å²) in [6.07, 6.45) is 2.12. The van der Waals surface area contributed by atoms with Crippen LogP contribution in [0.25, 0.3) is 16.7 Å². The van der Waals surface area contributed by atoms with Crippen molar-refractivity contribution in [3.05, 3.63) is 75.6 Å². The van der Waals surface area contributed by atoms with Crippen molar-refractivity contribution in [1.82, 2.24) is 14.0 Å². The van der Waals surface area contributed by atoms with Gasteiger partial charge in [0.05, 0.1) is 26.2 Å². The minimum Gasteiger partial charge on any atom is -0.497 e. The molecule has 39 heavy (non-hydrogen) atoms. The Kier molecular flexibility index (Phi) is 8.72. The molecule has 11 nitrogen and oxygen atoms in total. The molecule has 0 aliphatic heterocycles. The van der Waals surface area contributed by atoms with Crippen molar-refractivity contribution >= 4 is 28.6 Å². The molecular formula is C28H30N4O7. The first kappa shape index (κ1) is 27.5. The number of ether oxygens (including phenoxy) is 4. The number of nitrogens with zero attached hydrogens (tertiary/aromatic N) is 4. The molecule has 0 radical (unpaired) electrons. The molecule has 4 aromatic rings. The highest BCUT2D eigenvalue weighted by Gasteiger charge is 2.20. The fraction of sp³-hybridized carbons (Fsp3) is 0.321. The predicted octanol–water partition coefficient (Wildman–Crippen LogP) is 3.01. The number of pyridine rings is 2. The Morgan fingerprint density at radius 1 is 1.00 bits per heavy atom. The molecule has 11 heteroatoms. The highest BCUT2D eigenvalue weighted by Crippen LogP contribution is 2.23. The van der Waals surface area contributed by atoms with Crippen LogP contribution in [0.4, 0.5) is 0 Å². The van der Waals surface area contributed by atoms with Gasteiger partial charge in [0, 0.05) is 37.6 Å². The number of benzene rings is 1. The Hall–Kier alpha value is -4.51. The zero-order valence-corrected chi connectivity index (χ0v) is 22.3. The Morgan fingerprint density at radius 3 is 2.41 bits per heavy atom. The van der Waals surface area contributed by atoms with Gasteiger partial charge in [0.15, 0.2) is 5.49 Å². The summed E-state index contributed by atoms with van der Waals surface area (Å²) in [5.41, 5.74) is 0.511. The molecule has 0 N–H and O–H groups in total. The maximum atomic E-state index is 13.5. The molecular weight excluding hydrogens is 504 g/mol. The average Bonchev–Trinajstić information content (AvgIpc) is 2.95. The van der Waals surface area contributed by atoms with E-state index in [1.807, 2.05) is 6.92 Å².